The number of hydrogen-bond donors (Lipinski definition) is 3. The number of unbranched alkanes of at least 4 members (excludes halogenated alkanes) is 4. The Labute approximate surface area is 273 Å². The minimum Gasteiger partial charge on any atom is -0.508 e. The van der Waals surface area contributed by atoms with Crippen molar-refractivity contribution in [1.29, 1.82) is 0 Å². The van der Waals surface area contributed by atoms with Gasteiger partial charge in [0.15, 0.2) is 0 Å². The predicted octanol–water partition coefficient (Wildman–Crippen LogP) is 4.22. The first kappa shape index (κ1) is 34.9. The number of benzene rings is 1. The lowest BCUT2D eigenvalue weighted by atomic mass is 9.57. The molecule has 1 aromatic rings. The molecule has 0 spiro atoms. The number of aliphatic carboxylic acids is 2. The second-order valence-electron chi connectivity index (χ2n) is 12.9. The number of phenolic OH excluding ortho intramolecular Hbond substituents is 1. The molecule has 2 aliphatic heterocycles. The van der Waals surface area contributed by atoms with Gasteiger partial charge in [-0.1, -0.05) is 24.5 Å². The van der Waals surface area contributed by atoms with Gasteiger partial charge in [-0.05, 0) is 62.6 Å². The Kier molecular flexibility index (Phi) is 10.2. The van der Waals surface area contributed by atoms with Gasteiger partial charge in [-0.2, -0.15) is 0 Å². The first-order valence-corrected chi connectivity index (χ1v) is 16.1. The third-order valence-corrected chi connectivity index (χ3v) is 9.94. The molecule has 0 aromatic heterocycles. The molecule has 1 aromatic carbocycles. The van der Waals surface area contributed by atoms with Crippen LogP contribution in [0.5, 0.6) is 11.5 Å². The lowest BCUT2D eigenvalue weighted by Gasteiger charge is -2.44. The molecule has 3 N–H and O–H groups in total. The number of rotatable bonds is 14. The summed E-state index contributed by atoms with van der Waals surface area (Å²) in [7, 11) is 0. The number of allylic oxidation sites excluding steroid dienone is 2. The van der Waals surface area contributed by atoms with Crippen molar-refractivity contribution in [2.75, 3.05) is 13.1 Å². The lowest BCUT2D eigenvalue weighted by Crippen LogP contribution is -2.43. The number of nitrogens with zero attached hydrogens (tertiary/aromatic N) is 2. The van der Waals surface area contributed by atoms with Gasteiger partial charge in [0.25, 0.3) is 0 Å². The van der Waals surface area contributed by atoms with E-state index in [2.05, 4.69) is 4.74 Å². The summed E-state index contributed by atoms with van der Waals surface area (Å²) in [5, 5.41) is 28.8. The van der Waals surface area contributed by atoms with Crippen LogP contribution in [0, 0.1) is 29.6 Å². The van der Waals surface area contributed by atoms with E-state index in [0.717, 1.165) is 28.0 Å². The standard InChI is InChI=1S/C33H37F3N2O10/c34-33(35,36)48-17-9-12-23(39)21(15-17)26-18-10-11-19-27(31(46)37(29(19)44)13-5-1-3-7-24(40)41)20(18)16-22-28(26)32(47)38(30(22)45)14-6-2-4-8-25(42)43/h9-10,12,15,19-20,22,26-28,39H,1-8,11,13-14,16H2,(H,40,41)(H,42,43)/t19-,20+,22+,26+,27-,28+/m0/s1. The van der Waals surface area contributed by atoms with Crippen molar-refractivity contribution in [2.24, 2.45) is 29.6 Å². The number of carboxylic acids is 2. The average Bonchev–Trinajstić information content (AvgIpc) is 3.39. The minimum absolute atomic E-state index is 0.00303. The van der Waals surface area contributed by atoms with Crippen LogP contribution in [0.3, 0.4) is 0 Å². The molecule has 1 saturated carbocycles. The first-order valence-electron chi connectivity index (χ1n) is 16.1. The van der Waals surface area contributed by atoms with Crippen molar-refractivity contribution in [3.63, 3.8) is 0 Å². The minimum atomic E-state index is -5.05. The Morgan fingerprint density at radius 3 is 1.90 bits per heavy atom. The van der Waals surface area contributed by atoms with Crippen molar-refractivity contribution < 1.29 is 62.0 Å². The van der Waals surface area contributed by atoms with Gasteiger partial charge in [-0.3, -0.25) is 38.6 Å². The molecule has 15 heteroatoms. The molecule has 0 radical (unpaired) electrons. The third kappa shape index (κ3) is 7.04. The van der Waals surface area contributed by atoms with Crippen LogP contribution in [0.1, 0.15) is 75.7 Å². The first-order chi connectivity index (χ1) is 22.7. The Bertz CT molecular complexity index is 1520. The fraction of sp³-hybridized carbons (Fsp3) is 0.576. The van der Waals surface area contributed by atoms with E-state index in [9.17, 15) is 47.0 Å². The summed E-state index contributed by atoms with van der Waals surface area (Å²) in [5.74, 6) is -10.5. The number of fused-ring (bicyclic) bond motifs is 4. The van der Waals surface area contributed by atoms with Crippen LogP contribution in [0.25, 0.3) is 0 Å². The molecule has 260 valence electrons. The van der Waals surface area contributed by atoms with Crippen molar-refractivity contribution in [2.45, 2.75) is 76.5 Å². The third-order valence-electron chi connectivity index (χ3n) is 9.94. The SMILES string of the molecule is O=C(O)CCCCCN1C(=O)[C@H]2[C@H](CC=C3[C@H]2C[C@H]2C(=O)N(CCCCCC(=O)O)C(=O)[C@H]2[C@H]3c2cc(OC(F)(F)F)ccc2O)C1=O. The Balaban J connectivity index is 1.46. The van der Waals surface area contributed by atoms with E-state index in [1.54, 1.807) is 6.08 Å². The number of carboxylic acid groups (broad SMARTS) is 2. The van der Waals surface area contributed by atoms with Crippen molar-refractivity contribution in [3.05, 3.63) is 35.4 Å². The van der Waals surface area contributed by atoms with Crippen LogP contribution in [-0.4, -0.2) is 80.1 Å². The van der Waals surface area contributed by atoms with E-state index in [-0.39, 0.29) is 44.3 Å². The number of phenols is 1. The highest BCUT2D eigenvalue weighted by molar-refractivity contribution is 6.08. The van der Waals surface area contributed by atoms with Crippen LogP contribution < -0.4 is 4.74 Å². The number of carbonyl (C=O) groups is 6. The highest BCUT2D eigenvalue weighted by Gasteiger charge is 2.62. The zero-order valence-electron chi connectivity index (χ0n) is 26.0. The van der Waals surface area contributed by atoms with Gasteiger partial charge in [-0.25, -0.2) is 0 Å². The molecule has 0 unspecified atom stereocenters. The van der Waals surface area contributed by atoms with Gasteiger partial charge in [0.2, 0.25) is 23.6 Å². The molecule has 2 aliphatic carbocycles. The molecule has 4 amide bonds. The van der Waals surface area contributed by atoms with Crippen LogP contribution in [0.15, 0.2) is 29.8 Å². The average molecular weight is 679 g/mol. The number of ether oxygens (including phenoxy) is 1. The number of amides is 4. The molecule has 5 rings (SSSR count). The number of aromatic hydroxyl groups is 1. The molecule has 48 heavy (non-hydrogen) atoms. The van der Waals surface area contributed by atoms with Crippen LogP contribution >= 0.6 is 0 Å². The topological polar surface area (TPSA) is 179 Å². The number of hydrogen-bond acceptors (Lipinski definition) is 8. The van der Waals surface area contributed by atoms with Gasteiger partial charge in [0.1, 0.15) is 11.5 Å². The Hall–Kier alpha value is -4.43. The largest absolute Gasteiger partial charge is 0.573 e. The van der Waals surface area contributed by atoms with E-state index >= 15 is 0 Å². The van der Waals surface area contributed by atoms with Crippen molar-refractivity contribution >= 4 is 35.6 Å². The second kappa shape index (κ2) is 14.0. The molecule has 2 heterocycles. The molecule has 6 atom stereocenters. The van der Waals surface area contributed by atoms with Crippen LogP contribution in [0.2, 0.25) is 0 Å². The summed E-state index contributed by atoms with van der Waals surface area (Å²) < 4.78 is 43.6. The Morgan fingerprint density at radius 1 is 0.771 bits per heavy atom. The van der Waals surface area contributed by atoms with Crippen molar-refractivity contribution in [3.8, 4) is 11.5 Å². The highest BCUT2D eigenvalue weighted by atomic mass is 19.4. The van der Waals surface area contributed by atoms with E-state index in [1.807, 2.05) is 0 Å². The maximum atomic E-state index is 13.9. The molecular formula is C33H37F3N2O10. The van der Waals surface area contributed by atoms with Gasteiger partial charge in [0.05, 0.1) is 23.7 Å². The monoisotopic (exact) mass is 678 g/mol. The van der Waals surface area contributed by atoms with E-state index in [0.29, 0.717) is 44.1 Å². The summed E-state index contributed by atoms with van der Waals surface area (Å²) >= 11 is 0. The number of likely N-dealkylation sites (tertiary alicyclic amines) is 2. The number of imide groups is 2. The lowest BCUT2D eigenvalue weighted by molar-refractivity contribution is -0.274. The fourth-order valence-electron chi connectivity index (χ4n) is 7.93. The van der Waals surface area contributed by atoms with E-state index in [4.69, 9.17) is 10.2 Å². The zero-order chi connectivity index (χ0) is 34.9. The van der Waals surface area contributed by atoms with E-state index in [1.165, 1.54) is 0 Å². The summed E-state index contributed by atoms with van der Waals surface area (Å²) in [6.07, 6.45) is -0.943. The van der Waals surface area contributed by atoms with Gasteiger partial charge in [-0.15, -0.1) is 13.2 Å². The molecule has 2 saturated heterocycles. The zero-order valence-corrected chi connectivity index (χ0v) is 26.0. The second-order valence-corrected chi connectivity index (χ2v) is 12.9. The van der Waals surface area contributed by atoms with E-state index < -0.39 is 88.9 Å². The maximum Gasteiger partial charge on any atom is 0.573 e. The summed E-state index contributed by atoms with van der Waals surface area (Å²) in [4.78, 5) is 79.0. The van der Waals surface area contributed by atoms with Gasteiger partial charge < -0.3 is 20.1 Å². The normalized spacial score (nSPS) is 26.7. The van der Waals surface area contributed by atoms with Gasteiger partial charge >= 0.3 is 18.3 Å². The molecule has 3 fully saturated rings. The smallest absolute Gasteiger partial charge is 0.508 e. The Morgan fingerprint density at radius 2 is 1.33 bits per heavy atom. The van der Waals surface area contributed by atoms with Crippen molar-refractivity contribution in [1.82, 2.24) is 9.80 Å². The number of alkyl halides is 3. The number of halogens is 3. The molecule has 0 bridgehead atoms. The fourth-order valence-corrected chi connectivity index (χ4v) is 7.93. The van der Waals surface area contributed by atoms with Gasteiger partial charge in [0, 0.05) is 37.4 Å². The van der Waals surface area contributed by atoms with Crippen LogP contribution in [-0.2, 0) is 28.8 Å². The predicted molar refractivity (Wildman–Crippen MR) is 158 cm³/mol. The molecular weight excluding hydrogens is 641 g/mol. The maximum absolute atomic E-state index is 13.9. The summed E-state index contributed by atoms with van der Waals surface area (Å²) in [6, 6.07) is 2.92. The highest BCUT2D eigenvalue weighted by Crippen LogP contribution is 2.59. The molecule has 4 aliphatic rings. The quantitative estimate of drug-likeness (QED) is 0.147. The summed E-state index contributed by atoms with van der Waals surface area (Å²) in [6.45, 7) is 0.0928. The van der Waals surface area contributed by atoms with Crippen LogP contribution in [0.4, 0.5) is 13.2 Å². The molecule has 12 nitrogen and oxygen atoms in total. The summed E-state index contributed by atoms with van der Waals surface area (Å²) in [5.41, 5.74) is 0.420. The number of carbonyl (C=O) groups excluding carboxylic acids is 4.